The van der Waals surface area contributed by atoms with Crippen molar-refractivity contribution in [2.75, 3.05) is 0 Å². The average molecular weight is 200 g/mol. The second-order valence-corrected chi connectivity index (χ2v) is 3.51. The molecule has 0 aliphatic rings. The Labute approximate surface area is 88.2 Å². The molecule has 1 aromatic carbocycles. The van der Waals surface area contributed by atoms with Gasteiger partial charge in [-0.15, -0.1) is 0 Å². The molecule has 0 amide bonds. The van der Waals surface area contributed by atoms with Gasteiger partial charge >= 0.3 is 0 Å². The molecule has 2 aromatic rings. The van der Waals surface area contributed by atoms with Crippen molar-refractivity contribution >= 4 is 6.29 Å². The molecule has 1 aromatic heterocycles. The number of H-pyrrole nitrogens is 1. The molecule has 0 saturated heterocycles. The van der Waals surface area contributed by atoms with Gasteiger partial charge in [0, 0.05) is 6.42 Å². The molecule has 0 saturated carbocycles. The van der Waals surface area contributed by atoms with Gasteiger partial charge < -0.3 is 4.98 Å². The van der Waals surface area contributed by atoms with Crippen molar-refractivity contribution in [3.05, 3.63) is 53.1 Å². The SMILES string of the molecule is Cc1ccccc1Cc1ncc(C=O)[nH]1. The molecule has 0 aliphatic carbocycles. The van der Waals surface area contributed by atoms with Gasteiger partial charge in [0.2, 0.25) is 0 Å². The summed E-state index contributed by atoms with van der Waals surface area (Å²) in [7, 11) is 0. The van der Waals surface area contributed by atoms with Crippen LogP contribution in [0.15, 0.2) is 30.5 Å². The van der Waals surface area contributed by atoms with Crippen molar-refractivity contribution in [1.82, 2.24) is 9.97 Å². The molecule has 15 heavy (non-hydrogen) atoms. The van der Waals surface area contributed by atoms with Gasteiger partial charge in [-0.05, 0) is 18.1 Å². The molecular formula is C12H12N2O. The van der Waals surface area contributed by atoms with Crippen molar-refractivity contribution in [2.45, 2.75) is 13.3 Å². The molecule has 0 bridgehead atoms. The van der Waals surface area contributed by atoms with Crippen LogP contribution in [0.25, 0.3) is 0 Å². The summed E-state index contributed by atoms with van der Waals surface area (Å²) in [6.45, 7) is 2.07. The summed E-state index contributed by atoms with van der Waals surface area (Å²) in [4.78, 5) is 17.6. The summed E-state index contributed by atoms with van der Waals surface area (Å²) in [5.74, 6) is 0.825. The second kappa shape index (κ2) is 4.09. The van der Waals surface area contributed by atoms with Gasteiger partial charge in [0.25, 0.3) is 0 Å². The van der Waals surface area contributed by atoms with E-state index in [1.165, 1.54) is 11.1 Å². The number of nitrogens with one attached hydrogen (secondary N) is 1. The fourth-order valence-corrected chi connectivity index (χ4v) is 1.52. The van der Waals surface area contributed by atoms with Gasteiger partial charge in [0.1, 0.15) is 5.82 Å². The number of benzene rings is 1. The van der Waals surface area contributed by atoms with Gasteiger partial charge in [-0.1, -0.05) is 24.3 Å². The number of carbonyl (C=O) groups excluding carboxylic acids is 1. The molecule has 0 atom stereocenters. The number of aldehydes is 1. The van der Waals surface area contributed by atoms with Crippen molar-refractivity contribution in [2.24, 2.45) is 0 Å². The maximum absolute atomic E-state index is 10.5. The Bertz CT molecular complexity index is 474. The summed E-state index contributed by atoms with van der Waals surface area (Å²) < 4.78 is 0. The molecule has 0 unspecified atom stereocenters. The van der Waals surface area contributed by atoms with Crippen LogP contribution in [0.3, 0.4) is 0 Å². The van der Waals surface area contributed by atoms with Crippen LogP contribution in [-0.2, 0) is 6.42 Å². The number of carbonyl (C=O) groups is 1. The summed E-state index contributed by atoms with van der Waals surface area (Å²) in [5, 5.41) is 0. The van der Waals surface area contributed by atoms with Gasteiger partial charge in [0.05, 0.1) is 11.9 Å². The summed E-state index contributed by atoms with van der Waals surface area (Å²) in [6.07, 6.45) is 3.06. The van der Waals surface area contributed by atoms with E-state index in [0.29, 0.717) is 5.69 Å². The largest absolute Gasteiger partial charge is 0.340 e. The zero-order valence-corrected chi connectivity index (χ0v) is 8.53. The lowest BCUT2D eigenvalue weighted by molar-refractivity contribution is 0.111. The van der Waals surface area contributed by atoms with Crippen molar-refractivity contribution in [3.63, 3.8) is 0 Å². The van der Waals surface area contributed by atoms with E-state index in [9.17, 15) is 4.79 Å². The van der Waals surface area contributed by atoms with E-state index in [0.717, 1.165) is 18.5 Å². The normalized spacial score (nSPS) is 10.2. The smallest absolute Gasteiger partial charge is 0.167 e. The molecular weight excluding hydrogens is 188 g/mol. The predicted molar refractivity (Wildman–Crippen MR) is 58.0 cm³/mol. The minimum Gasteiger partial charge on any atom is -0.340 e. The van der Waals surface area contributed by atoms with Gasteiger partial charge in [0.15, 0.2) is 6.29 Å². The number of hydrogen-bond acceptors (Lipinski definition) is 2. The van der Waals surface area contributed by atoms with E-state index in [2.05, 4.69) is 29.0 Å². The van der Waals surface area contributed by atoms with E-state index in [1.807, 2.05) is 12.1 Å². The maximum Gasteiger partial charge on any atom is 0.167 e. The summed E-state index contributed by atoms with van der Waals surface area (Å²) >= 11 is 0. The molecule has 76 valence electrons. The van der Waals surface area contributed by atoms with E-state index in [1.54, 1.807) is 6.20 Å². The number of imidazole rings is 1. The van der Waals surface area contributed by atoms with Crippen LogP contribution in [-0.4, -0.2) is 16.3 Å². The molecule has 0 fully saturated rings. The Balaban J connectivity index is 2.22. The highest BCUT2D eigenvalue weighted by Gasteiger charge is 2.02. The number of aromatic nitrogens is 2. The Morgan fingerprint density at radius 3 is 2.87 bits per heavy atom. The minimum absolute atomic E-state index is 0.526. The number of rotatable bonds is 3. The Hall–Kier alpha value is -1.90. The topological polar surface area (TPSA) is 45.8 Å². The first-order valence-electron chi connectivity index (χ1n) is 4.83. The van der Waals surface area contributed by atoms with E-state index in [4.69, 9.17) is 0 Å². The van der Waals surface area contributed by atoms with Crippen molar-refractivity contribution in [3.8, 4) is 0 Å². The lowest BCUT2D eigenvalue weighted by Crippen LogP contribution is -1.93. The highest BCUT2D eigenvalue weighted by Crippen LogP contribution is 2.11. The standard InChI is InChI=1S/C12H12N2O/c1-9-4-2-3-5-10(9)6-12-13-7-11(8-15)14-12/h2-5,7-8H,6H2,1H3,(H,13,14). The minimum atomic E-state index is 0.526. The van der Waals surface area contributed by atoms with Crippen molar-refractivity contribution < 1.29 is 4.79 Å². The number of nitrogens with zero attached hydrogens (tertiary/aromatic N) is 1. The number of hydrogen-bond donors (Lipinski definition) is 1. The fraction of sp³-hybridized carbons (Fsp3) is 0.167. The van der Waals surface area contributed by atoms with E-state index >= 15 is 0 Å². The third-order valence-electron chi connectivity index (χ3n) is 2.39. The predicted octanol–water partition coefficient (Wildman–Crippen LogP) is 2.12. The first kappa shape index (κ1) is 9.65. The molecule has 1 heterocycles. The first-order chi connectivity index (χ1) is 7.29. The van der Waals surface area contributed by atoms with Crippen LogP contribution >= 0.6 is 0 Å². The van der Waals surface area contributed by atoms with Crippen LogP contribution in [0.4, 0.5) is 0 Å². The first-order valence-corrected chi connectivity index (χ1v) is 4.83. The molecule has 0 aliphatic heterocycles. The Morgan fingerprint density at radius 2 is 2.20 bits per heavy atom. The van der Waals surface area contributed by atoms with Crippen LogP contribution < -0.4 is 0 Å². The molecule has 0 radical (unpaired) electrons. The summed E-state index contributed by atoms with van der Waals surface area (Å²) in [6, 6.07) is 8.15. The lowest BCUT2D eigenvalue weighted by atomic mass is 10.1. The third-order valence-corrected chi connectivity index (χ3v) is 2.39. The van der Waals surface area contributed by atoms with Crippen LogP contribution in [0.2, 0.25) is 0 Å². The zero-order valence-electron chi connectivity index (χ0n) is 8.53. The van der Waals surface area contributed by atoms with Gasteiger partial charge in [-0.25, -0.2) is 4.98 Å². The van der Waals surface area contributed by atoms with Crippen LogP contribution in [0.5, 0.6) is 0 Å². The van der Waals surface area contributed by atoms with Gasteiger partial charge in [-0.3, -0.25) is 4.79 Å². The van der Waals surface area contributed by atoms with Crippen LogP contribution in [0.1, 0.15) is 27.4 Å². The molecule has 3 heteroatoms. The van der Waals surface area contributed by atoms with Crippen LogP contribution in [0, 0.1) is 6.92 Å². The van der Waals surface area contributed by atoms with E-state index < -0.39 is 0 Å². The molecule has 2 rings (SSSR count). The number of aromatic amines is 1. The Kier molecular flexibility index (Phi) is 2.63. The lowest BCUT2D eigenvalue weighted by Gasteiger charge is -2.02. The Morgan fingerprint density at radius 1 is 1.40 bits per heavy atom. The van der Waals surface area contributed by atoms with E-state index in [-0.39, 0.29) is 0 Å². The van der Waals surface area contributed by atoms with Crippen molar-refractivity contribution in [1.29, 1.82) is 0 Å². The quantitative estimate of drug-likeness (QED) is 0.771. The number of aryl methyl sites for hydroxylation is 1. The zero-order chi connectivity index (χ0) is 10.7. The van der Waals surface area contributed by atoms with Gasteiger partial charge in [-0.2, -0.15) is 0 Å². The highest BCUT2D eigenvalue weighted by molar-refractivity contribution is 5.71. The molecule has 1 N–H and O–H groups in total. The fourth-order valence-electron chi connectivity index (χ4n) is 1.52. The third kappa shape index (κ3) is 2.13. The summed E-state index contributed by atoms with van der Waals surface area (Å²) in [5.41, 5.74) is 2.99. The maximum atomic E-state index is 10.5. The highest BCUT2D eigenvalue weighted by atomic mass is 16.1. The monoisotopic (exact) mass is 200 g/mol. The molecule has 3 nitrogen and oxygen atoms in total. The molecule has 0 spiro atoms. The second-order valence-electron chi connectivity index (χ2n) is 3.51. The average Bonchev–Trinajstić information content (AvgIpc) is 2.69.